The van der Waals surface area contributed by atoms with Crippen molar-refractivity contribution in [3.63, 3.8) is 0 Å². The van der Waals surface area contributed by atoms with Gasteiger partial charge in [0, 0.05) is 12.3 Å². The molecular formula is C19H19N5O2. The number of hydrogen-bond donors (Lipinski definition) is 1. The Kier molecular flexibility index (Phi) is 5.38. The highest BCUT2D eigenvalue weighted by Gasteiger charge is 2.11. The molecule has 7 heteroatoms. The maximum atomic E-state index is 12.0. The molecule has 26 heavy (non-hydrogen) atoms. The maximum Gasteiger partial charge on any atom is 0.340 e. The third kappa shape index (κ3) is 3.94. The molecular weight excluding hydrogens is 330 g/mol. The predicted octanol–water partition coefficient (Wildman–Crippen LogP) is 3.23. The fourth-order valence-corrected chi connectivity index (χ4v) is 2.37. The number of carbonyl (C=O) groups is 1. The van der Waals surface area contributed by atoms with Crippen LogP contribution in [0, 0.1) is 6.92 Å². The number of aryl methyl sites for hydroxylation is 1. The van der Waals surface area contributed by atoms with Crippen molar-refractivity contribution in [1.29, 1.82) is 0 Å². The number of tetrazole rings is 1. The first kappa shape index (κ1) is 17.3. The fourth-order valence-electron chi connectivity index (χ4n) is 2.37. The van der Waals surface area contributed by atoms with Crippen molar-refractivity contribution in [3.05, 3.63) is 71.7 Å². The van der Waals surface area contributed by atoms with Crippen LogP contribution in [0.15, 0.2) is 54.7 Å². The summed E-state index contributed by atoms with van der Waals surface area (Å²) in [5.41, 5.74) is 3.15. The van der Waals surface area contributed by atoms with E-state index in [1.54, 1.807) is 42.1 Å². The molecule has 0 bridgehead atoms. The third-order valence-electron chi connectivity index (χ3n) is 3.67. The summed E-state index contributed by atoms with van der Waals surface area (Å²) in [7, 11) is 0. The van der Waals surface area contributed by atoms with Gasteiger partial charge in [0.1, 0.15) is 0 Å². The largest absolute Gasteiger partial charge is 0.462 e. The van der Waals surface area contributed by atoms with Gasteiger partial charge < -0.3 is 10.1 Å². The minimum absolute atomic E-state index is 0.328. The van der Waals surface area contributed by atoms with Gasteiger partial charge in [-0.05, 0) is 48.5 Å². The molecule has 0 aliphatic heterocycles. The molecule has 0 aliphatic rings. The molecule has 7 nitrogen and oxygen atoms in total. The number of carbonyl (C=O) groups excluding carboxylic acids is 1. The molecule has 0 radical (unpaired) electrons. The number of ether oxygens (including phenoxy) is 1. The lowest BCUT2D eigenvalue weighted by Crippen LogP contribution is -2.07. The van der Waals surface area contributed by atoms with Gasteiger partial charge in [0.25, 0.3) is 0 Å². The molecule has 0 aliphatic carbocycles. The molecule has 0 amide bonds. The van der Waals surface area contributed by atoms with E-state index in [0.29, 0.717) is 23.7 Å². The third-order valence-corrected chi connectivity index (χ3v) is 3.67. The molecule has 3 rings (SSSR count). The van der Waals surface area contributed by atoms with E-state index in [1.165, 1.54) is 0 Å². The van der Waals surface area contributed by atoms with Crippen LogP contribution in [-0.4, -0.2) is 32.8 Å². The first-order chi connectivity index (χ1) is 12.7. The summed E-state index contributed by atoms with van der Waals surface area (Å²) in [4.78, 5) is 12.0. The zero-order valence-corrected chi connectivity index (χ0v) is 14.6. The van der Waals surface area contributed by atoms with Crippen LogP contribution in [0.1, 0.15) is 28.7 Å². The Labute approximate surface area is 151 Å². The Hall–Kier alpha value is -3.48. The van der Waals surface area contributed by atoms with Crippen LogP contribution >= 0.6 is 0 Å². The lowest BCUT2D eigenvalue weighted by molar-refractivity contribution is 0.0527. The fraction of sp³-hybridized carbons (Fsp3) is 0.158. The lowest BCUT2D eigenvalue weighted by Gasteiger charge is -2.08. The molecule has 1 aromatic heterocycles. The number of esters is 1. The number of hydrogen-bond acceptors (Lipinski definition) is 6. The number of nitrogens with zero attached hydrogens (tertiary/aromatic N) is 4. The second-order valence-electron chi connectivity index (χ2n) is 5.53. The number of rotatable bonds is 6. The molecule has 2 aromatic carbocycles. The van der Waals surface area contributed by atoms with Crippen molar-refractivity contribution < 1.29 is 9.53 Å². The Bertz CT molecular complexity index is 916. The van der Waals surface area contributed by atoms with E-state index in [2.05, 4.69) is 20.8 Å². The van der Waals surface area contributed by atoms with Crippen LogP contribution in [0.3, 0.4) is 0 Å². The molecule has 0 fully saturated rings. The number of aromatic nitrogens is 4. The van der Waals surface area contributed by atoms with E-state index in [9.17, 15) is 4.79 Å². The predicted molar refractivity (Wildman–Crippen MR) is 98.9 cm³/mol. The van der Waals surface area contributed by atoms with Gasteiger partial charge in [0.2, 0.25) is 0 Å². The van der Waals surface area contributed by atoms with Gasteiger partial charge in [-0.1, -0.05) is 29.8 Å². The van der Waals surface area contributed by atoms with Gasteiger partial charge >= 0.3 is 5.97 Å². The highest BCUT2D eigenvalue weighted by Crippen LogP contribution is 2.17. The average Bonchev–Trinajstić information content (AvgIpc) is 3.11. The second kappa shape index (κ2) is 8.06. The molecule has 0 saturated carbocycles. The van der Waals surface area contributed by atoms with E-state index < -0.39 is 0 Å². The number of benzene rings is 2. The Morgan fingerprint density at radius 1 is 1.19 bits per heavy atom. The number of para-hydroxylation sites is 1. The molecule has 3 aromatic rings. The Balaban J connectivity index is 1.78. The van der Waals surface area contributed by atoms with Crippen molar-refractivity contribution in [2.45, 2.75) is 13.8 Å². The summed E-state index contributed by atoms with van der Waals surface area (Å²) in [6.45, 7) is 4.13. The number of anilines is 1. The molecule has 0 saturated heterocycles. The van der Waals surface area contributed by atoms with Gasteiger partial charge in [-0.15, -0.1) is 5.10 Å². The minimum Gasteiger partial charge on any atom is -0.462 e. The molecule has 0 spiro atoms. The van der Waals surface area contributed by atoms with Crippen molar-refractivity contribution in [3.8, 4) is 5.69 Å². The van der Waals surface area contributed by atoms with Crippen LogP contribution < -0.4 is 5.32 Å². The monoisotopic (exact) mass is 349 g/mol. The van der Waals surface area contributed by atoms with Crippen molar-refractivity contribution in [2.24, 2.45) is 0 Å². The SMILES string of the molecule is CCOC(=O)c1ccccc1N/C=C\c1nnnn1-c1ccc(C)cc1. The van der Waals surface area contributed by atoms with Crippen LogP contribution in [-0.2, 0) is 4.74 Å². The van der Waals surface area contributed by atoms with Gasteiger partial charge in [-0.25, -0.2) is 4.79 Å². The molecule has 1 N–H and O–H groups in total. The zero-order valence-electron chi connectivity index (χ0n) is 14.6. The summed E-state index contributed by atoms with van der Waals surface area (Å²) in [6, 6.07) is 15.0. The number of nitrogens with one attached hydrogen (secondary N) is 1. The molecule has 1 heterocycles. The summed E-state index contributed by atoms with van der Waals surface area (Å²) in [5.74, 6) is 0.198. The topological polar surface area (TPSA) is 81.9 Å². The van der Waals surface area contributed by atoms with E-state index in [1.807, 2.05) is 37.3 Å². The van der Waals surface area contributed by atoms with E-state index in [-0.39, 0.29) is 5.97 Å². The van der Waals surface area contributed by atoms with E-state index in [0.717, 1.165) is 11.3 Å². The van der Waals surface area contributed by atoms with E-state index >= 15 is 0 Å². The quantitative estimate of drug-likeness (QED) is 0.688. The second-order valence-corrected chi connectivity index (χ2v) is 5.53. The maximum absolute atomic E-state index is 12.0. The summed E-state index contributed by atoms with van der Waals surface area (Å²) in [5, 5.41) is 14.8. The van der Waals surface area contributed by atoms with Crippen LogP contribution in [0.5, 0.6) is 0 Å². The van der Waals surface area contributed by atoms with Crippen molar-refractivity contribution in [1.82, 2.24) is 20.2 Å². The van der Waals surface area contributed by atoms with Crippen molar-refractivity contribution in [2.75, 3.05) is 11.9 Å². The highest BCUT2D eigenvalue weighted by molar-refractivity contribution is 5.95. The van der Waals surface area contributed by atoms with Gasteiger partial charge in [0.05, 0.1) is 23.5 Å². The average molecular weight is 349 g/mol. The van der Waals surface area contributed by atoms with Crippen LogP contribution in [0.4, 0.5) is 5.69 Å². The highest BCUT2D eigenvalue weighted by atomic mass is 16.5. The standard InChI is InChI=1S/C19H19N5O2/c1-3-26-19(25)16-6-4-5-7-17(16)20-13-12-18-21-22-23-24(18)15-10-8-14(2)9-11-15/h4-13,20H,3H2,1-2H3/b13-12-. The first-order valence-corrected chi connectivity index (χ1v) is 8.23. The molecule has 132 valence electrons. The van der Waals surface area contributed by atoms with E-state index in [4.69, 9.17) is 4.74 Å². The first-order valence-electron chi connectivity index (χ1n) is 8.23. The van der Waals surface area contributed by atoms with Gasteiger partial charge in [0.15, 0.2) is 5.82 Å². The smallest absolute Gasteiger partial charge is 0.340 e. The Morgan fingerprint density at radius 2 is 1.96 bits per heavy atom. The molecule has 0 atom stereocenters. The summed E-state index contributed by atoms with van der Waals surface area (Å²) in [6.07, 6.45) is 3.43. The van der Waals surface area contributed by atoms with Gasteiger partial charge in [-0.3, -0.25) is 0 Å². The summed E-state index contributed by atoms with van der Waals surface area (Å²) < 4.78 is 6.70. The van der Waals surface area contributed by atoms with Crippen molar-refractivity contribution >= 4 is 17.7 Å². The normalized spacial score (nSPS) is 10.8. The molecule has 0 unspecified atom stereocenters. The Morgan fingerprint density at radius 3 is 2.73 bits per heavy atom. The lowest BCUT2D eigenvalue weighted by atomic mass is 10.2. The minimum atomic E-state index is -0.367. The van der Waals surface area contributed by atoms with Crippen LogP contribution in [0.2, 0.25) is 0 Å². The van der Waals surface area contributed by atoms with Crippen LogP contribution in [0.25, 0.3) is 11.8 Å². The summed E-state index contributed by atoms with van der Waals surface area (Å²) >= 11 is 0. The zero-order chi connectivity index (χ0) is 18.4. The van der Waals surface area contributed by atoms with Gasteiger partial charge in [-0.2, -0.15) is 4.68 Å².